The number of hydrogen-bond acceptors (Lipinski definition) is 2. The zero-order chi connectivity index (χ0) is 12.4. The van der Waals surface area contributed by atoms with Gasteiger partial charge in [-0.05, 0) is 19.1 Å². The summed E-state index contributed by atoms with van der Waals surface area (Å²) in [6, 6.07) is 20.0. The fourth-order valence-electron chi connectivity index (χ4n) is 1.96. The van der Waals surface area contributed by atoms with Crippen LogP contribution in [0.5, 0.6) is 0 Å². The molecule has 0 fully saturated rings. The van der Waals surface area contributed by atoms with Crippen LogP contribution in [0.2, 0.25) is 0 Å². The van der Waals surface area contributed by atoms with E-state index < -0.39 is 0 Å². The second-order valence-corrected chi connectivity index (χ2v) is 4.17. The van der Waals surface area contributed by atoms with Gasteiger partial charge in [0, 0.05) is 11.1 Å². The van der Waals surface area contributed by atoms with Crippen LogP contribution in [0.1, 0.15) is 5.69 Å². The highest BCUT2D eigenvalue weighted by molar-refractivity contribution is 5.63. The Kier molecular flexibility index (Phi) is 2.69. The van der Waals surface area contributed by atoms with Crippen molar-refractivity contribution < 1.29 is 4.42 Å². The average Bonchev–Trinajstić information content (AvgIpc) is 2.83. The summed E-state index contributed by atoms with van der Waals surface area (Å²) in [6.45, 7) is 1.97. The van der Waals surface area contributed by atoms with E-state index in [1.807, 2.05) is 67.6 Å². The van der Waals surface area contributed by atoms with Crippen LogP contribution in [0.25, 0.3) is 22.8 Å². The minimum absolute atomic E-state index is 0.673. The summed E-state index contributed by atoms with van der Waals surface area (Å²) in [5.74, 6) is 1.52. The van der Waals surface area contributed by atoms with Gasteiger partial charge in [0.05, 0.1) is 5.69 Å². The predicted molar refractivity (Wildman–Crippen MR) is 72.1 cm³/mol. The molecular weight excluding hydrogens is 224 g/mol. The molecule has 1 heterocycles. The van der Waals surface area contributed by atoms with Crippen LogP contribution in [0.3, 0.4) is 0 Å². The van der Waals surface area contributed by atoms with Crippen molar-refractivity contribution in [2.75, 3.05) is 0 Å². The summed E-state index contributed by atoms with van der Waals surface area (Å²) >= 11 is 0. The first-order chi connectivity index (χ1) is 8.84. The molecule has 0 aliphatic carbocycles. The molecule has 0 bridgehead atoms. The third kappa shape index (κ3) is 1.93. The predicted octanol–water partition coefficient (Wildman–Crippen LogP) is 4.32. The number of hydrogen-bond donors (Lipinski definition) is 0. The average molecular weight is 237 g/mol. The van der Waals surface area contributed by atoms with Crippen LogP contribution in [-0.4, -0.2) is 4.98 Å². The molecule has 0 atom stereocenters. The van der Waals surface area contributed by atoms with E-state index in [-0.39, 0.29) is 0 Å². The van der Waals surface area contributed by atoms with Crippen LogP contribution >= 0.6 is 0 Å². The molecule has 3 aromatic rings. The molecule has 3 rings (SSSR count). The molecule has 1 aromatic heterocycles. The molecule has 0 radical (unpaired) electrons. The van der Waals surface area contributed by atoms with E-state index in [9.17, 15) is 0 Å². The van der Waals surface area contributed by atoms with Gasteiger partial charge in [-0.15, -0.1) is 0 Å². The topological polar surface area (TPSA) is 26.0 Å². The lowest BCUT2D eigenvalue weighted by Crippen LogP contribution is -1.77. The number of benzene rings is 2. The third-order valence-corrected chi connectivity index (χ3v) is 2.85. The van der Waals surface area contributed by atoms with Gasteiger partial charge in [0.25, 0.3) is 0 Å². The van der Waals surface area contributed by atoms with Crippen LogP contribution in [0, 0.1) is 6.92 Å². The second-order valence-electron chi connectivity index (χ2n) is 4.17. The zero-order valence-corrected chi connectivity index (χ0v) is 10.1. The lowest BCUT2D eigenvalue weighted by atomic mass is 10.1. The standard InChI is InChI=1S/C16H13NO/c1-12-15(13-8-4-2-5-9-13)18-16(17-12)14-10-6-3-7-11-14/h2-11H,1H3/i18+2. The van der Waals surface area contributed by atoms with Gasteiger partial charge in [0.15, 0.2) is 5.76 Å². The lowest BCUT2D eigenvalue weighted by Gasteiger charge is -1.96. The second kappa shape index (κ2) is 4.49. The third-order valence-electron chi connectivity index (χ3n) is 2.85. The molecule has 0 unspecified atom stereocenters. The Bertz CT molecular complexity index is 641. The highest BCUT2D eigenvalue weighted by atomic mass is 18.2. The first kappa shape index (κ1) is 10.8. The number of aromatic nitrogens is 1. The largest absolute Gasteiger partial charge is 0.436 e. The normalized spacial score (nSPS) is 10.5. The van der Waals surface area contributed by atoms with Crippen LogP contribution in [0.4, 0.5) is 0 Å². The van der Waals surface area contributed by atoms with E-state index in [4.69, 9.17) is 4.42 Å². The van der Waals surface area contributed by atoms with Crippen molar-refractivity contribution in [3.63, 3.8) is 0 Å². The Morgan fingerprint density at radius 2 is 1.33 bits per heavy atom. The number of oxazole rings is 1. The van der Waals surface area contributed by atoms with Gasteiger partial charge in [-0.3, -0.25) is 0 Å². The van der Waals surface area contributed by atoms with Crippen molar-refractivity contribution in [1.29, 1.82) is 0 Å². The molecule has 18 heavy (non-hydrogen) atoms. The molecule has 0 saturated carbocycles. The SMILES string of the molecule is Cc1nc(-c2ccccc2)[18o]c1-c1ccccc1. The van der Waals surface area contributed by atoms with Gasteiger partial charge in [-0.2, -0.15) is 0 Å². The fraction of sp³-hybridized carbons (Fsp3) is 0.0625. The molecular formula is C16H13NO. The van der Waals surface area contributed by atoms with E-state index >= 15 is 0 Å². The molecule has 0 amide bonds. The summed E-state index contributed by atoms with van der Waals surface area (Å²) in [7, 11) is 0. The van der Waals surface area contributed by atoms with E-state index in [2.05, 4.69) is 4.98 Å². The summed E-state index contributed by atoms with van der Waals surface area (Å²) in [6.07, 6.45) is 0. The quantitative estimate of drug-likeness (QED) is 0.663. The number of nitrogens with zero attached hydrogens (tertiary/aromatic N) is 1. The van der Waals surface area contributed by atoms with Gasteiger partial charge in [0.1, 0.15) is 0 Å². The lowest BCUT2D eigenvalue weighted by molar-refractivity contribution is 0.588. The van der Waals surface area contributed by atoms with Crippen molar-refractivity contribution in [2.24, 2.45) is 0 Å². The first-order valence-corrected chi connectivity index (χ1v) is 5.93. The molecule has 0 spiro atoms. The fourth-order valence-corrected chi connectivity index (χ4v) is 1.96. The van der Waals surface area contributed by atoms with Crippen molar-refractivity contribution >= 4 is 0 Å². The molecule has 2 heteroatoms. The van der Waals surface area contributed by atoms with E-state index in [1.54, 1.807) is 0 Å². The minimum atomic E-state index is 0.673. The van der Waals surface area contributed by atoms with Gasteiger partial charge in [-0.1, -0.05) is 48.5 Å². The van der Waals surface area contributed by atoms with Crippen molar-refractivity contribution in [3.8, 4) is 22.8 Å². The molecule has 0 aliphatic heterocycles. The van der Waals surface area contributed by atoms with Crippen LogP contribution in [0.15, 0.2) is 65.1 Å². The maximum Gasteiger partial charge on any atom is 0.226 e. The Labute approximate surface area is 106 Å². The Morgan fingerprint density at radius 1 is 0.778 bits per heavy atom. The number of aryl methyl sites for hydroxylation is 1. The number of rotatable bonds is 2. The van der Waals surface area contributed by atoms with Gasteiger partial charge in [-0.25, -0.2) is 4.98 Å². The maximum absolute atomic E-state index is 5.88. The zero-order valence-electron chi connectivity index (χ0n) is 10.1. The molecule has 2 nitrogen and oxygen atoms in total. The summed E-state index contributed by atoms with van der Waals surface area (Å²) < 4.78 is 5.88. The molecule has 0 aliphatic rings. The Balaban J connectivity index is 2.07. The summed E-state index contributed by atoms with van der Waals surface area (Å²) in [5, 5.41) is 0. The molecule has 88 valence electrons. The highest BCUT2D eigenvalue weighted by Gasteiger charge is 2.12. The summed E-state index contributed by atoms with van der Waals surface area (Å²) in [5.41, 5.74) is 2.98. The van der Waals surface area contributed by atoms with E-state index in [1.165, 1.54) is 0 Å². The van der Waals surface area contributed by atoms with Crippen LogP contribution in [-0.2, 0) is 0 Å². The van der Waals surface area contributed by atoms with Crippen LogP contribution < -0.4 is 0 Å². The molecule has 0 saturated heterocycles. The smallest absolute Gasteiger partial charge is 0.226 e. The monoisotopic (exact) mass is 237 g/mol. The Hall–Kier alpha value is -2.35. The maximum atomic E-state index is 5.88. The van der Waals surface area contributed by atoms with Crippen molar-refractivity contribution in [3.05, 3.63) is 66.4 Å². The van der Waals surface area contributed by atoms with E-state index in [0.717, 1.165) is 22.6 Å². The summed E-state index contributed by atoms with van der Waals surface area (Å²) in [4.78, 5) is 4.49. The van der Waals surface area contributed by atoms with Crippen molar-refractivity contribution in [2.45, 2.75) is 6.92 Å². The first-order valence-electron chi connectivity index (χ1n) is 5.93. The van der Waals surface area contributed by atoms with E-state index in [0.29, 0.717) is 5.89 Å². The molecule has 0 N–H and O–H groups in total. The van der Waals surface area contributed by atoms with Gasteiger partial charge in [0.2, 0.25) is 5.89 Å². The molecule has 2 aromatic carbocycles. The highest BCUT2D eigenvalue weighted by Crippen LogP contribution is 2.28. The Morgan fingerprint density at radius 3 is 1.94 bits per heavy atom. The van der Waals surface area contributed by atoms with Gasteiger partial charge >= 0.3 is 0 Å². The van der Waals surface area contributed by atoms with Crippen molar-refractivity contribution in [1.82, 2.24) is 4.98 Å². The minimum Gasteiger partial charge on any atom is -0.436 e. The van der Waals surface area contributed by atoms with Gasteiger partial charge < -0.3 is 4.42 Å².